The summed E-state index contributed by atoms with van der Waals surface area (Å²) < 4.78 is 0. The molecule has 2 N–H and O–H groups in total. The lowest BCUT2D eigenvalue weighted by Gasteiger charge is -2.24. The standard InChI is InChI=1S/C19H26N2O3/c1-12-4-7-16(8-13(12)2)21-10-14(9-17(21)22)18(23)20-11-19(3,24)15-5-6-15/h4,7-8,14-15,24H,5-6,9-11H2,1-3H3,(H,20,23)/t14-,19-/m1/s1. The first-order chi connectivity index (χ1) is 11.3. The van der Waals surface area contributed by atoms with E-state index in [1.807, 2.05) is 32.0 Å². The van der Waals surface area contributed by atoms with Gasteiger partial charge in [-0.3, -0.25) is 9.59 Å². The molecule has 1 aromatic rings. The lowest BCUT2D eigenvalue weighted by molar-refractivity contribution is -0.127. The first-order valence-corrected chi connectivity index (χ1v) is 8.65. The summed E-state index contributed by atoms with van der Waals surface area (Å²) in [6.45, 7) is 6.48. The number of hydrogen-bond donors (Lipinski definition) is 2. The maximum atomic E-state index is 12.4. The summed E-state index contributed by atoms with van der Waals surface area (Å²) in [6.07, 6.45) is 2.26. The predicted octanol–water partition coefficient (Wildman–Crippen LogP) is 1.93. The molecule has 0 spiro atoms. The van der Waals surface area contributed by atoms with Gasteiger partial charge in [-0.2, -0.15) is 0 Å². The molecular formula is C19H26N2O3. The van der Waals surface area contributed by atoms with Crippen LogP contribution in [0, 0.1) is 25.7 Å². The normalized spacial score (nSPS) is 23.2. The van der Waals surface area contributed by atoms with E-state index in [0.29, 0.717) is 6.54 Å². The fraction of sp³-hybridized carbons (Fsp3) is 0.579. The highest BCUT2D eigenvalue weighted by atomic mass is 16.3. The number of carbonyl (C=O) groups excluding carboxylic acids is 2. The molecule has 1 aliphatic carbocycles. The van der Waals surface area contributed by atoms with Crippen LogP contribution in [0.1, 0.15) is 37.3 Å². The SMILES string of the molecule is Cc1ccc(N2C[C@H](C(=O)NC[C@@](C)(O)C3CC3)CC2=O)cc1C. The monoisotopic (exact) mass is 330 g/mol. The molecule has 24 heavy (non-hydrogen) atoms. The molecule has 1 aromatic carbocycles. The van der Waals surface area contributed by atoms with Crippen molar-refractivity contribution in [2.75, 3.05) is 18.0 Å². The lowest BCUT2D eigenvalue weighted by atomic mass is 10.00. The van der Waals surface area contributed by atoms with Gasteiger partial charge in [-0.05, 0) is 62.8 Å². The van der Waals surface area contributed by atoms with Gasteiger partial charge in [0, 0.05) is 25.2 Å². The Morgan fingerprint density at radius 2 is 2.04 bits per heavy atom. The van der Waals surface area contributed by atoms with Gasteiger partial charge < -0.3 is 15.3 Å². The van der Waals surface area contributed by atoms with Crippen LogP contribution in [-0.2, 0) is 9.59 Å². The van der Waals surface area contributed by atoms with E-state index < -0.39 is 5.60 Å². The third-order valence-electron chi connectivity index (χ3n) is 5.38. The second kappa shape index (κ2) is 6.20. The van der Waals surface area contributed by atoms with Crippen molar-refractivity contribution >= 4 is 17.5 Å². The summed E-state index contributed by atoms with van der Waals surface area (Å²) in [5.41, 5.74) is 2.32. The Labute approximate surface area is 143 Å². The van der Waals surface area contributed by atoms with Gasteiger partial charge in [0.05, 0.1) is 11.5 Å². The summed E-state index contributed by atoms with van der Waals surface area (Å²) in [4.78, 5) is 26.4. The Kier molecular flexibility index (Phi) is 4.38. The molecule has 130 valence electrons. The maximum absolute atomic E-state index is 12.4. The molecule has 2 fully saturated rings. The number of aryl methyl sites for hydroxylation is 2. The number of rotatable bonds is 5. The van der Waals surface area contributed by atoms with Crippen LogP contribution in [0.4, 0.5) is 5.69 Å². The van der Waals surface area contributed by atoms with Crippen LogP contribution in [-0.4, -0.2) is 35.6 Å². The number of anilines is 1. The minimum Gasteiger partial charge on any atom is -0.388 e. The van der Waals surface area contributed by atoms with Gasteiger partial charge in [-0.15, -0.1) is 0 Å². The molecule has 0 radical (unpaired) electrons. The van der Waals surface area contributed by atoms with Crippen LogP contribution in [0.15, 0.2) is 18.2 Å². The minimum atomic E-state index is -0.841. The van der Waals surface area contributed by atoms with Gasteiger partial charge in [-0.1, -0.05) is 6.07 Å². The summed E-state index contributed by atoms with van der Waals surface area (Å²) in [7, 11) is 0. The first kappa shape index (κ1) is 17.0. The number of carbonyl (C=O) groups is 2. The Balaban J connectivity index is 1.61. The van der Waals surface area contributed by atoms with Gasteiger partial charge in [0.2, 0.25) is 11.8 Å². The van der Waals surface area contributed by atoms with E-state index in [9.17, 15) is 14.7 Å². The number of benzene rings is 1. The molecule has 2 amide bonds. The molecule has 0 bridgehead atoms. The average molecular weight is 330 g/mol. The smallest absolute Gasteiger partial charge is 0.227 e. The zero-order valence-electron chi connectivity index (χ0n) is 14.6. The minimum absolute atomic E-state index is 0.0210. The third kappa shape index (κ3) is 3.46. The summed E-state index contributed by atoms with van der Waals surface area (Å²) in [5, 5.41) is 13.1. The molecule has 1 aliphatic heterocycles. The quantitative estimate of drug-likeness (QED) is 0.867. The van der Waals surface area contributed by atoms with Crippen molar-refractivity contribution in [2.24, 2.45) is 11.8 Å². The van der Waals surface area contributed by atoms with Crippen LogP contribution in [0.25, 0.3) is 0 Å². The highest BCUT2D eigenvalue weighted by Gasteiger charge is 2.41. The molecule has 1 heterocycles. The van der Waals surface area contributed by atoms with Crippen molar-refractivity contribution in [1.82, 2.24) is 5.32 Å². The van der Waals surface area contributed by atoms with E-state index in [-0.39, 0.29) is 36.6 Å². The Bertz CT molecular complexity index is 665. The van der Waals surface area contributed by atoms with E-state index in [2.05, 4.69) is 5.32 Å². The van der Waals surface area contributed by atoms with Gasteiger partial charge in [0.25, 0.3) is 0 Å². The molecule has 0 unspecified atom stereocenters. The second-order valence-corrected chi connectivity index (χ2v) is 7.52. The number of nitrogens with zero attached hydrogens (tertiary/aromatic N) is 1. The summed E-state index contributed by atoms with van der Waals surface area (Å²) >= 11 is 0. The fourth-order valence-electron chi connectivity index (χ4n) is 3.29. The lowest BCUT2D eigenvalue weighted by Crippen LogP contribution is -2.44. The van der Waals surface area contributed by atoms with E-state index in [0.717, 1.165) is 24.1 Å². The Morgan fingerprint density at radius 1 is 1.33 bits per heavy atom. The van der Waals surface area contributed by atoms with Crippen molar-refractivity contribution in [2.45, 2.75) is 45.6 Å². The molecule has 2 atom stereocenters. The molecule has 5 nitrogen and oxygen atoms in total. The fourth-order valence-corrected chi connectivity index (χ4v) is 3.29. The topological polar surface area (TPSA) is 69.6 Å². The average Bonchev–Trinajstić information content (AvgIpc) is 3.32. The number of nitrogens with one attached hydrogen (secondary N) is 1. The maximum Gasteiger partial charge on any atom is 0.227 e. The zero-order chi connectivity index (χ0) is 17.5. The molecule has 3 rings (SSSR count). The Hall–Kier alpha value is -1.88. The van der Waals surface area contributed by atoms with Crippen LogP contribution in [0.2, 0.25) is 0 Å². The zero-order valence-corrected chi connectivity index (χ0v) is 14.6. The van der Waals surface area contributed by atoms with Gasteiger partial charge in [0.1, 0.15) is 0 Å². The highest BCUT2D eigenvalue weighted by molar-refractivity contribution is 6.00. The van der Waals surface area contributed by atoms with Gasteiger partial charge >= 0.3 is 0 Å². The van der Waals surface area contributed by atoms with Crippen molar-refractivity contribution in [3.63, 3.8) is 0 Å². The van der Waals surface area contributed by atoms with Crippen LogP contribution in [0.3, 0.4) is 0 Å². The Morgan fingerprint density at radius 3 is 2.67 bits per heavy atom. The van der Waals surface area contributed by atoms with Crippen molar-refractivity contribution in [3.8, 4) is 0 Å². The predicted molar refractivity (Wildman–Crippen MR) is 92.7 cm³/mol. The number of hydrogen-bond acceptors (Lipinski definition) is 3. The van der Waals surface area contributed by atoms with Crippen molar-refractivity contribution in [3.05, 3.63) is 29.3 Å². The second-order valence-electron chi connectivity index (χ2n) is 7.52. The highest BCUT2D eigenvalue weighted by Crippen LogP contribution is 2.39. The molecule has 1 saturated carbocycles. The largest absolute Gasteiger partial charge is 0.388 e. The molecule has 5 heteroatoms. The molecule has 0 aromatic heterocycles. The summed E-state index contributed by atoms with van der Waals surface area (Å²) in [6, 6.07) is 5.92. The van der Waals surface area contributed by atoms with E-state index in [1.54, 1.807) is 11.8 Å². The molecular weight excluding hydrogens is 304 g/mol. The van der Waals surface area contributed by atoms with Crippen LogP contribution < -0.4 is 10.2 Å². The van der Waals surface area contributed by atoms with E-state index in [1.165, 1.54) is 5.56 Å². The van der Waals surface area contributed by atoms with Gasteiger partial charge in [-0.25, -0.2) is 0 Å². The number of amides is 2. The summed E-state index contributed by atoms with van der Waals surface area (Å²) in [5.74, 6) is -0.230. The number of aliphatic hydroxyl groups is 1. The molecule has 1 saturated heterocycles. The van der Waals surface area contributed by atoms with Crippen LogP contribution >= 0.6 is 0 Å². The third-order valence-corrected chi connectivity index (χ3v) is 5.38. The van der Waals surface area contributed by atoms with Crippen molar-refractivity contribution in [1.29, 1.82) is 0 Å². The van der Waals surface area contributed by atoms with E-state index >= 15 is 0 Å². The first-order valence-electron chi connectivity index (χ1n) is 8.65. The molecule has 2 aliphatic rings. The van der Waals surface area contributed by atoms with Crippen LogP contribution in [0.5, 0.6) is 0 Å². The van der Waals surface area contributed by atoms with E-state index in [4.69, 9.17) is 0 Å². The van der Waals surface area contributed by atoms with Gasteiger partial charge in [0.15, 0.2) is 0 Å². The van der Waals surface area contributed by atoms with Crippen molar-refractivity contribution < 1.29 is 14.7 Å².